The minimum atomic E-state index is -0.488. The molecule has 0 aliphatic carbocycles. The topological polar surface area (TPSA) is 47.6 Å². The quantitative estimate of drug-likeness (QED) is 0.770. The maximum Gasteiger partial charge on any atom is 0.249 e. The van der Waals surface area contributed by atoms with E-state index in [-0.39, 0.29) is 11.9 Å². The molecule has 6 heteroatoms. The molecule has 22 heavy (non-hydrogen) atoms. The normalized spacial score (nSPS) is 18.6. The maximum absolute atomic E-state index is 12.3. The third-order valence-electron chi connectivity index (χ3n) is 3.50. The van der Waals surface area contributed by atoms with Crippen LogP contribution >= 0.6 is 23.4 Å². The molecule has 0 spiro atoms. The van der Waals surface area contributed by atoms with Gasteiger partial charge in [-0.1, -0.05) is 11.6 Å². The van der Waals surface area contributed by atoms with Gasteiger partial charge < -0.3 is 14.8 Å². The van der Waals surface area contributed by atoms with Gasteiger partial charge in [0.1, 0.15) is 6.10 Å². The van der Waals surface area contributed by atoms with Crippen LogP contribution in [0.3, 0.4) is 0 Å². The molecule has 1 aliphatic heterocycles. The highest BCUT2D eigenvalue weighted by molar-refractivity contribution is 7.99. The largest absolute Gasteiger partial charge is 0.379 e. The zero-order valence-corrected chi connectivity index (χ0v) is 14.5. The zero-order valence-electron chi connectivity index (χ0n) is 12.9. The van der Waals surface area contributed by atoms with Gasteiger partial charge in [0.15, 0.2) is 0 Å². The Morgan fingerprint density at radius 2 is 2.32 bits per heavy atom. The number of nitrogens with one attached hydrogen (secondary N) is 1. The molecule has 2 atom stereocenters. The lowest BCUT2D eigenvalue weighted by atomic mass is 10.0. The van der Waals surface area contributed by atoms with E-state index in [1.807, 2.05) is 25.1 Å². The van der Waals surface area contributed by atoms with Crippen LogP contribution in [0.1, 0.15) is 31.9 Å². The first-order chi connectivity index (χ1) is 10.6. The molecular weight excluding hydrogens is 322 g/mol. The Hall–Kier alpha value is -0.750. The molecule has 0 fully saturated rings. The molecule has 0 radical (unpaired) electrons. The Bertz CT molecular complexity index is 512. The molecule has 0 aromatic heterocycles. The number of carbonyl (C=O) groups excluding carboxylic acids is 1. The van der Waals surface area contributed by atoms with Crippen LogP contribution in [0.4, 0.5) is 0 Å². The molecule has 1 amide bonds. The van der Waals surface area contributed by atoms with Crippen molar-refractivity contribution in [3.63, 3.8) is 0 Å². The molecule has 0 bridgehead atoms. The second kappa shape index (κ2) is 8.77. The molecule has 1 aromatic carbocycles. The Balaban J connectivity index is 1.91. The van der Waals surface area contributed by atoms with E-state index in [1.165, 1.54) is 4.90 Å². The highest BCUT2D eigenvalue weighted by Crippen LogP contribution is 2.37. The zero-order chi connectivity index (χ0) is 15.9. The van der Waals surface area contributed by atoms with Crippen LogP contribution in [0.25, 0.3) is 0 Å². The maximum atomic E-state index is 12.3. The molecule has 0 unspecified atom stereocenters. The van der Waals surface area contributed by atoms with E-state index < -0.39 is 6.10 Å². The van der Waals surface area contributed by atoms with E-state index in [4.69, 9.17) is 21.1 Å². The second-order valence-corrected chi connectivity index (χ2v) is 6.66. The molecule has 0 saturated carbocycles. The fourth-order valence-electron chi connectivity index (χ4n) is 2.31. The van der Waals surface area contributed by atoms with E-state index >= 15 is 0 Å². The highest BCUT2D eigenvalue weighted by atomic mass is 35.5. The van der Waals surface area contributed by atoms with E-state index in [2.05, 4.69) is 5.32 Å². The summed E-state index contributed by atoms with van der Waals surface area (Å²) < 4.78 is 10.7. The molecule has 1 aliphatic rings. The van der Waals surface area contributed by atoms with Gasteiger partial charge in [0.25, 0.3) is 0 Å². The van der Waals surface area contributed by atoms with Gasteiger partial charge in [-0.3, -0.25) is 4.79 Å². The smallest absolute Gasteiger partial charge is 0.249 e. The predicted molar refractivity (Wildman–Crippen MR) is 89.6 cm³/mol. The number of amides is 1. The van der Waals surface area contributed by atoms with Crippen molar-refractivity contribution in [1.29, 1.82) is 0 Å². The summed E-state index contributed by atoms with van der Waals surface area (Å²) in [6.07, 6.45) is 0.410. The molecular formula is C16H22ClNO3S. The molecule has 1 aromatic rings. The van der Waals surface area contributed by atoms with Crippen molar-refractivity contribution in [3.8, 4) is 0 Å². The SMILES string of the molecule is CCOCCO[C@@H](C)C(=O)N[C@@H]1CCSc2ccc(Cl)cc21. The first kappa shape index (κ1) is 17.6. The first-order valence-corrected chi connectivity index (χ1v) is 8.90. The minimum absolute atomic E-state index is 0.000363. The van der Waals surface area contributed by atoms with Crippen LogP contribution in [-0.4, -0.2) is 37.6 Å². The second-order valence-electron chi connectivity index (χ2n) is 5.09. The number of hydrogen-bond donors (Lipinski definition) is 1. The summed E-state index contributed by atoms with van der Waals surface area (Å²) in [6.45, 7) is 5.27. The van der Waals surface area contributed by atoms with Crippen molar-refractivity contribution in [2.24, 2.45) is 0 Å². The Labute approximate surface area is 140 Å². The molecule has 1 heterocycles. The molecule has 122 valence electrons. The van der Waals surface area contributed by atoms with Gasteiger partial charge in [-0.2, -0.15) is 0 Å². The van der Waals surface area contributed by atoms with Crippen molar-refractivity contribution in [3.05, 3.63) is 28.8 Å². The van der Waals surface area contributed by atoms with Crippen LogP contribution in [0.2, 0.25) is 5.02 Å². The Morgan fingerprint density at radius 1 is 1.50 bits per heavy atom. The third kappa shape index (κ3) is 4.88. The lowest BCUT2D eigenvalue weighted by molar-refractivity contribution is -0.133. The van der Waals surface area contributed by atoms with Crippen LogP contribution in [0, 0.1) is 0 Å². The van der Waals surface area contributed by atoms with Gasteiger partial charge in [0.05, 0.1) is 19.3 Å². The number of thioether (sulfide) groups is 1. The van der Waals surface area contributed by atoms with Crippen molar-refractivity contribution in [2.75, 3.05) is 25.6 Å². The lowest BCUT2D eigenvalue weighted by Crippen LogP contribution is -2.38. The summed E-state index contributed by atoms with van der Waals surface area (Å²) in [7, 11) is 0. The Morgan fingerprint density at radius 3 is 3.09 bits per heavy atom. The van der Waals surface area contributed by atoms with Crippen molar-refractivity contribution >= 4 is 29.3 Å². The van der Waals surface area contributed by atoms with Crippen molar-refractivity contribution in [2.45, 2.75) is 37.3 Å². The number of benzene rings is 1. The standard InChI is InChI=1S/C16H22ClNO3S/c1-3-20-7-8-21-11(2)16(19)18-14-6-9-22-15-5-4-12(17)10-13(14)15/h4-5,10-11,14H,3,6-9H2,1-2H3,(H,18,19)/t11-,14+/m0/s1. The third-order valence-corrected chi connectivity index (χ3v) is 4.85. The molecule has 1 N–H and O–H groups in total. The number of carbonyl (C=O) groups is 1. The molecule has 0 saturated heterocycles. The van der Waals surface area contributed by atoms with Gasteiger partial charge in [0.2, 0.25) is 5.91 Å². The first-order valence-electron chi connectivity index (χ1n) is 7.53. The van der Waals surface area contributed by atoms with E-state index in [0.717, 1.165) is 17.7 Å². The monoisotopic (exact) mass is 343 g/mol. The Kier molecular flexibility index (Phi) is 7.02. The van der Waals surface area contributed by atoms with Crippen molar-refractivity contribution in [1.82, 2.24) is 5.32 Å². The van der Waals surface area contributed by atoms with Crippen LogP contribution in [0.5, 0.6) is 0 Å². The fourth-order valence-corrected chi connectivity index (χ4v) is 3.59. The summed E-state index contributed by atoms with van der Waals surface area (Å²) in [5.74, 6) is 0.887. The van der Waals surface area contributed by atoms with Gasteiger partial charge in [0, 0.05) is 22.3 Å². The summed E-state index contributed by atoms with van der Waals surface area (Å²) in [4.78, 5) is 13.4. The average Bonchev–Trinajstić information content (AvgIpc) is 2.52. The van der Waals surface area contributed by atoms with Gasteiger partial charge in [-0.05, 0) is 44.0 Å². The average molecular weight is 344 g/mol. The highest BCUT2D eigenvalue weighted by Gasteiger charge is 2.24. The van der Waals surface area contributed by atoms with Crippen LogP contribution in [0.15, 0.2) is 23.1 Å². The summed E-state index contributed by atoms with van der Waals surface area (Å²) in [5, 5.41) is 3.76. The van der Waals surface area contributed by atoms with Crippen LogP contribution < -0.4 is 5.32 Å². The predicted octanol–water partition coefficient (Wildman–Crippen LogP) is 3.43. The van der Waals surface area contributed by atoms with E-state index in [1.54, 1.807) is 18.7 Å². The lowest BCUT2D eigenvalue weighted by Gasteiger charge is -2.27. The minimum Gasteiger partial charge on any atom is -0.379 e. The number of ether oxygens (including phenoxy) is 2. The fraction of sp³-hybridized carbons (Fsp3) is 0.562. The number of halogens is 1. The van der Waals surface area contributed by atoms with Gasteiger partial charge in [-0.15, -0.1) is 11.8 Å². The van der Waals surface area contributed by atoms with Crippen LogP contribution in [-0.2, 0) is 14.3 Å². The number of hydrogen-bond acceptors (Lipinski definition) is 4. The van der Waals surface area contributed by atoms with Gasteiger partial charge >= 0.3 is 0 Å². The summed E-state index contributed by atoms with van der Waals surface area (Å²) >= 11 is 7.88. The summed E-state index contributed by atoms with van der Waals surface area (Å²) in [6, 6.07) is 5.84. The molecule has 2 rings (SSSR count). The number of rotatable bonds is 7. The molecule has 4 nitrogen and oxygen atoms in total. The van der Waals surface area contributed by atoms with E-state index in [9.17, 15) is 4.79 Å². The van der Waals surface area contributed by atoms with Crippen molar-refractivity contribution < 1.29 is 14.3 Å². The van der Waals surface area contributed by atoms with Gasteiger partial charge in [-0.25, -0.2) is 0 Å². The summed E-state index contributed by atoms with van der Waals surface area (Å²) in [5.41, 5.74) is 1.10. The number of fused-ring (bicyclic) bond motifs is 1. The van der Waals surface area contributed by atoms with E-state index in [0.29, 0.717) is 24.8 Å².